The van der Waals surface area contributed by atoms with Gasteiger partial charge in [0.25, 0.3) is 0 Å². The van der Waals surface area contributed by atoms with E-state index >= 15 is 0 Å². The fourth-order valence-electron chi connectivity index (χ4n) is 0.774. The van der Waals surface area contributed by atoms with E-state index in [0.29, 0.717) is 0 Å². The van der Waals surface area contributed by atoms with Gasteiger partial charge < -0.3 is 4.74 Å². The van der Waals surface area contributed by atoms with Crippen LogP contribution in [0.4, 0.5) is 17.6 Å². The quantitative estimate of drug-likeness (QED) is 0.750. The number of hydrogen-bond donors (Lipinski definition) is 0. The van der Waals surface area contributed by atoms with E-state index in [1.54, 1.807) is 6.07 Å². The van der Waals surface area contributed by atoms with Crippen molar-refractivity contribution >= 4 is 0 Å². The first-order valence-electron chi connectivity index (χ1n) is 4.10. The summed E-state index contributed by atoms with van der Waals surface area (Å²) in [6.07, 6.45) is -2.76. The van der Waals surface area contributed by atoms with Crippen LogP contribution in [0, 0.1) is 11.3 Å². The van der Waals surface area contributed by atoms with E-state index in [2.05, 4.69) is 9.72 Å². The molecule has 0 saturated carbocycles. The Morgan fingerprint density at radius 3 is 2.56 bits per heavy atom. The minimum atomic E-state index is -4.20. The van der Waals surface area contributed by atoms with Crippen molar-refractivity contribution in [2.75, 3.05) is 6.61 Å². The van der Waals surface area contributed by atoms with Gasteiger partial charge in [0.15, 0.2) is 6.61 Å². The van der Waals surface area contributed by atoms with Crippen molar-refractivity contribution in [3.8, 4) is 11.8 Å². The Hall–Kier alpha value is -1.84. The molecule has 16 heavy (non-hydrogen) atoms. The summed E-state index contributed by atoms with van der Waals surface area (Å²) in [6.45, 7) is -1.43. The minimum absolute atomic E-state index is 0.0768. The molecule has 0 amide bonds. The van der Waals surface area contributed by atoms with Crippen molar-refractivity contribution in [3.05, 3.63) is 24.0 Å². The first-order chi connectivity index (χ1) is 7.45. The maximum absolute atomic E-state index is 12.4. The van der Waals surface area contributed by atoms with Crippen molar-refractivity contribution in [3.63, 3.8) is 0 Å². The largest absolute Gasteiger partial charge is 0.485 e. The lowest BCUT2D eigenvalue weighted by Gasteiger charge is -2.15. The monoisotopic (exact) mass is 234 g/mol. The van der Waals surface area contributed by atoms with Crippen LogP contribution in [0.2, 0.25) is 0 Å². The predicted molar refractivity (Wildman–Crippen MR) is 45.4 cm³/mol. The van der Waals surface area contributed by atoms with Crippen molar-refractivity contribution in [2.45, 2.75) is 12.3 Å². The van der Waals surface area contributed by atoms with Gasteiger partial charge in [-0.15, -0.1) is 0 Å². The number of alkyl halides is 4. The van der Waals surface area contributed by atoms with Crippen LogP contribution in [-0.4, -0.2) is 23.9 Å². The molecule has 1 aromatic heterocycles. The molecule has 7 heteroatoms. The third kappa shape index (κ3) is 3.08. The Morgan fingerprint density at radius 2 is 2.12 bits per heavy atom. The average Bonchev–Trinajstić information content (AvgIpc) is 2.27. The fraction of sp³-hybridized carbons (Fsp3) is 0.333. The molecular weight excluding hydrogens is 228 g/mol. The summed E-state index contributed by atoms with van der Waals surface area (Å²) >= 11 is 0. The molecule has 1 aromatic rings. The standard InChI is InChI=1S/C9H6F4N2O/c10-8(11)9(12,13)5-16-7-2-1-6(3-14)15-4-7/h1-2,4,8H,5H2. The Balaban J connectivity index is 2.59. The highest BCUT2D eigenvalue weighted by Gasteiger charge is 2.41. The number of halogens is 4. The summed E-state index contributed by atoms with van der Waals surface area (Å²) in [7, 11) is 0. The van der Waals surface area contributed by atoms with Gasteiger partial charge in [0.2, 0.25) is 0 Å². The van der Waals surface area contributed by atoms with Gasteiger partial charge >= 0.3 is 12.3 Å². The van der Waals surface area contributed by atoms with E-state index in [0.717, 1.165) is 6.20 Å². The second kappa shape index (κ2) is 4.79. The maximum Gasteiger partial charge on any atom is 0.340 e. The second-order valence-electron chi connectivity index (χ2n) is 2.84. The molecule has 3 nitrogen and oxygen atoms in total. The molecule has 0 unspecified atom stereocenters. The van der Waals surface area contributed by atoms with Gasteiger partial charge in [-0.3, -0.25) is 0 Å². The van der Waals surface area contributed by atoms with Gasteiger partial charge in [-0.25, -0.2) is 13.8 Å². The molecule has 0 bridgehead atoms. The topological polar surface area (TPSA) is 45.9 Å². The highest BCUT2D eigenvalue weighted by atomic mass is 19.3. The summed E-state index contributed by atoms with van der Waals surface area (Å²) in [4.78, 5) is 3.52. The normalized spacial score (nSPS) is 11.2. The van der Waals surface area contributed by atoms with Crippen molar-refractivity contribution in [2.24, 2.45) is 0 Å². The zero-order valence-electron chi connectivity index (χ0n) is 7.83. The Bertz CT molecular complexity index is 385. The van der Waals surface area contributed by atoms with Crippen LogP contribution in [0.5, 0.6) is 5.75 Å². The maximum atomic E-state index is 12.4. The lowest BCUT2D eigenvalue weighted by molar-refractivity contribution is -0.148. The third-order valence-corrected chi connectivity index (χ3v) is 1.60. The molecule has 0 saturated heterocycles. The smallest absolute Gasteiger partial charge is 0.340 e. The van der Waals surface area contributed by atoms with Crippen LogP contribution in [0.25, 0.3) is 0 Å². The fourth-order valence-corrected chi connectivity index (χ4v) is 0.774. The van der Waals surface area contributed by atoms with Crippen LogP contribution in [0.3, 0.4) is 0 Å². The molecule has 0 aromatic carbocycles. The van der Waals surface area contributed by atoms with E-state index in [1.165, 1.54) is 12.1 Å². The number of aromatic nitrogens is 1. The SMILES string of the molecule is N#Cc1ccc(OCC(F)(F)C(F)F)cn1. The van der Waals surface area contributed by atoms with Gasteiger partial charge in [-0.05, 0) is 12.1 Å². The summed E-state index contributed by atoms with van der Waals surface area (Å²) in [5.74, 6) is -4.30. The number of hydrogen-bond acceptors (Lipinski definition) is 3. The molecule has 0 fully saturated rings. The van der Waals surface area contributed by atoms with Gasteiger partial charge in [0.1, 0.15) is 17.5 Å². The summed E-state index contributed by atoms with van der Waals surface area (Å²) in [5.41, 5.74) is 0.0768. The zero-order valence-corrected chi connectivity index (χ0v) is 7.83. The molecule has 0 atom stereocenters. The van der Waals surface area contributed by atoms with Gasteiger partial charge in [0.05, 0.1) is 6.20 Å². The summed E-state index contributed by atoms with van der Waals surface area (Å²) in [5, 5.41) is 8.39. The van der Waals surface area contributed by atoms with Gasteiger partial charge in [0, 0.05) is 0 Å². The van der Waals surface area contributed by atoms with Crippen LogP contribution < -0.4 is 4.74 Å². The molecule has 0 N–H and O–H groups in total. The first kappa shape index (κ1) is 12.2. The van der Waals surface area contributed by atoms with E-state index in [1.807, 2.05) is 0 Å². The molecule has 0 radical (unpaired) electrons. The average molecular weight is 234 g/mol. The first-order valence-corrected chi connectivity index (χ1v) is 4.10. The van der Waals surface area contributed by atoms with Crippen molar-refractivity contribution < 1.29 is 22.3 Å². The lowest BCUT2D eigenvalue weighted by atomic mass is 10.3. The highest BCUT2D eigenvalue weighted by Crippen LogP contribution is 2.23. The molecule has 0 aliphatic heterocycles. The van der Waals surface area contributed by atoms with Gasteiger partial charge in [-0.1, -0.05) is 0 Å². The van der Waals surface area contributed by atoms with Gasteiger partial charge in [-0.2, -0.15) is 14.0 Å². The van der Waals surface area contributed by atoms with Crippen LogP contribution in [-0.2, 0) is 0 Å². The lowest BCUT2D eigenvalue weighted by Crippen LogP contribution is -2.33. The van der Waals surface area contributed by atoms with E-state index in [4.69, 9.17) is 5.26 Å². The molecule has 1 heterocycles. The van der Waals surface area contributed by atoms with Crippen LogP contribution in [0.1, 0.15) is 5.69 Å². The van der Waals surface area contributed by atoms with Crippen LogP contribution in [0.15, 0.2) is 18.3 Å². The highest BCUT2D eigenvalue weighted by molar-refractivity contribution is 5.26. The molecule has 0 spiro atoms. The molecular formula is C9H6F4N2O. The summed E-state index contributed by atoms with van der Waals surface area (Å²) < 4.78 is 52.8. The van der Waals surface area contributed by atoms with E-state index in [-0.39, 0.29) is 11.4 Å². The number of ether oxygens (including phenoxy) is 1. The van der Waals surface area contributed by atoms with E-state index in [9.17, 15) is 17.6 Å². The number of nitriles is 1. The number of rotatable bonds is 4. The molecule has 0 aliphatic carbocycles. The molecule has 1 rings (SSSR count). The second-order valence-corrected chi connectivity index (χ2v) is 2.84. The summed E-state index contributed by atoms with van der Waals surface area (Å²) in [6, 6.07) is 4.14. The minimum Gasteiger partial charge on any atom is -0.485 e. The Kier molecular flexibility index (Phi) is 3.66. The van der Waals surface area contributed by atoms with E-state index < -0.39 is 19.0 Å². The molecule has 86 valence electrons. The Morgan fingerprint density at radius 1 is 1.44 bits per heavy atom. The van der Waals surface area contributed by atoms with Crippen molar-refractivity contribution in [1.82, 2.24) is 4.98 Å². The predicted octanol–water partition coefficient (Wildman–Crippen LogP) is 2.23. The Labute approximate surface area is 88.3 Å². The number of pyridine rings is 1. The van der Waals surface area contributed by atoms with Crippen molar-refractivity contribution in [1.29, 1.82) is 5.26 Å². The van der Waals surface area contributed by atoms with Crippen LogP contribution >= 0.6 is 0 Å². The zero-order chi connectivity index (χ0) is 12.2. The number of nitrogens with zero attached hydrogens (tertiary/aromatic N) is 2. The third-order valence-electron chi connectivity index (χ3n) is 1.60. The molecule has 0 aliphatic rings.